The SMILES string of the molecule is CCCCNC(=O)[C@H](CC)N(CCc1ccccc1)C(=O)CN(c1ccc(Cl)c(Cl)c1)S(C)(=O)=O. The molecule has 35 heavy (non-hydrogen) atoms. The van der Waals surface area contributed by atoms with Crippen molar-refractivity contribution >= 4 is 50.7 Å². The summed E-state index contributed by atoms with van der Waals surface area (Å²) in [5.74, 6) is -0.724. The average molecular weight is 543 g/mol. The number of hydrogen-bond donors (Lipinski definition) is 1. The van der Waals surface area contributed by atoms with E-state index in [0.717, 1.165) is 29.0 Å². The third kappa shape index (κ3) is 8.70. The molecule has 0 saturated carbocycles. The van der Waals surface area contributed by atoms with Gasteiger partial charge >= 0.3 is 0 Å². The van der Waals surface area contributed by atoms with Crippen LogP contribution in [0.1, 0.15) is 38.7 Å². The maximum absolute atomic E-state index is 13.6. The molecule has 2 rings (SSSR count). The van der Waals surface area contributed by atoms with E-state index in [4.69, 9.17) is 23.2 Å². The molecule has 0 radical (unpaired) electrons. The van der Waals surface area contributed by atoms with Crippen LogP contribution < -0.4 is 9.62 Å². The molecule has 0 aliphatic rings. The van der Waals surface area contributed by atoms with Gasteiger partial charge in [0.15, 0.2) is 0 Å². The lowest BCUT2D eigenvalue weighted by Crippen LogP contribution is -2.53. The van der Waals surface area contributed by atoms with Gasteiger partial charge in [-0.25, -0.2) is 8.42 Å². The highest BCUT2D eigenvalue weighted by Gasteiger charge is 2.31. The molecular weight excluding hydrogens is 509 g/mol. The van der Waals surface area contributed by atoms with Gasteiger partial charge in [-0.2, -0.15) is 0 Å². The predicted octanol–water partition coefficient (Wildman–Crippen LogP) is 4.53. The first-order chi connectivity index (χ1) is 16.6. The fourth-order valence-corrected chi connectivity index (χ4v) is 4.79. The summed E-state index contributed by atoms with van der Waals surface area (Å²) in [5.41, 5.74) is 1.23. The summed E-state index contributed by atoms with van der Waals surface area (Å²) in [7, 11) is -3.83. The van der Waals surface area contributed by atoms with Gasteiger partial charge in [0, 0.05) is 13.1 Å². The maximum Gasteiger partial charge on any atom is 0.244 e. The topological polar surface area (TPSA) is 86.8 Å². The summed E-state index contributed by atoms with van der Waals surface area (Å²) in [4.78, 5) is 28.0. The summed E-state index contributed by atoms with van der Waals surface area (Å²) in [6.45, 7) is 4.18. The molecule has 0 aliphatic carbocycles. The normalized spacial score (nSPS) is 12.1. The lowest BCUT2D eigenvalue weighted by molar-refractivity contribution is -0.139. The van der Waals surface area contributed by atoms with Crippen LogP contribution in [-0.4, -0.2) is 57.1 Å². The van der Waals surface area contributed by atoms with Crippen LogP contribution in [0, 0.1) is 0 Å². The van der Waals surface area contributed by atoms with Gasteiger partial charge in [0.2, 0.25) is 21.8 Å². The van der Waals surface area contributed by atoms with Gasteiger partial charge in [0.05, 0.1) is 22.0 Å². The minimum absolute atomic E-state index is 0.174. The van der Waals surface area contributed by atoms with Gasteiger partial charge in [-0.15, -0.1) is 0 Å². The second-order valence-electron chi connectivity index (χ2n) is 8.26. The molecule has 2 amide bonds. The zero-order valence-corrected chi connectivity index (χ0v) is 22.7. The molecule has 2 aromatic rings. The largest absolute Gasteiger partial charge is 0.354 e. The molecule has 1 atom stereocenters. The monoisotopic (exact) mass is 541 g/mol. The Morgan fingerprint density at radius 2 is 1.71 bits per heavy atom. The van der Waals surface area contributed by atoms with E-state index in [2.05, 4.69) is 5.32 Å². The third-order valence-electron chi connectivity index (χ3n) is 5.57. The molecule has 0 saturated heterocycles. The molecule has 0 heterocycles. The number of carbonyl (C=O) groups is 2. The van der Waals surface area contributed by atoms with E-state index in [-0.39, 0.29) is 28.2 Å². The average Bonchev–Trinajstić information content (AvgIpc) is 2.82. The van der Waals surface area contributed by atoms with E-state index in [0.29, 0.717) is 19.4 Å². The fourth-order valence-electron chi connectivity index (χ4n) is 3.66. The number of benzene rings is 2. The fraction of sp³-hybridized carbons (Fsp3) is 0.440. The number of halogens is 2. The van der Waals surface area contributed by atoms with E-state index < -0.39 is 28.5 Å². The second-order valence-corrected chi connectivity index (χ2v) is 11.0. The molecule has 0 aromatic heterocycles. The maximum atomic E-state index is 13.6. The minimum Gasteiger partial charge on any atom is -0.354 e. The van der Waals surface area contributed by atoms with Gasteiger partial charge in [0.1, 0.15) is 12.6 Å². The van der Waals surface area contributed by atoms with Crippen molar-refractivity contribution in [3.05, 3.63) is 64.1 Å². The first-order valence-electron chi connectivity index (χ1n) is 11.6. The molecule has 0 aliphatic heterocycles. The zero-order valence-electron chi connectivity index (χ0n) is 20.3. The molecule has 2 aromatic carbocycles. The Labute approximate surface area is 218 Å². The number of nitrogens with zero attached hydrogens (tertiary/aromatic N) is 2. The van der Waals surface area contributed by atoms with Crippen LogP contribution in [0.4, 0.5) is 5.69 Å². The molecule has 192 valence electrons. The molecule has 0 spiro atoms. The summed E-state index contributed by atoms with van der Waals surface area (Å²) in [5, 5.41) is 3.35. The predicted molar refractivity (Wildman–Crippen MR) is 143 cm³/mol. The Bertz CT molecular complexity index is 1100. The zero-order chi connectivity index (χ0) is 26.0. The smallest absolute Gasteiger partial charge is 0.244 e. The van der Waals surface area contributed by atoms with Gasteiger partial charge in [0.25, 0.3) is 0 Å². The number of anilines is 1. The number of sulfonamides is 1. The van der Waals surface area contributed by atoms with E-state index >= 15 is 0 Å². The quantitative estimate of drug-likeness (QED) is 0.377. The lowest BCUT2D eigenvalue weighted by Gasteiger charge is -2.33. The number of amides is 2. The van der Waals surface area contributed by atoms with Crippen molar-refractivity contribution in [2.45, 2.75) is 45.6 Å². The third-order valence-corrected chi connectivity index (χ3v) is 7.45. The number of hydrogen-bond acceptors (Lipinski definition) is 4. The Balaban J connectivity index is 2.34. The van der Waals surface area contributed by atoms with Crippen molar-refractivity contribution in [1.29, 1.82) is 0 Å². The Hall–Kier alpha value is -2.29. The first kappa shape index (κ1) is 28.9. The Morgan fingerprint density at radius 1 is 1.03 bits per heavy atom. The highest BCUT2D eigenvalue weighted by atomic mass is 35.5. The highest BCUT2D eigenvalue weighted by Crippen LogP contribution is 2.28. The summed E-state index contributed by atoms with van der Waals surface area (Å²) >= 11 is 12.1. The molecule has 1 N–H and O–H groups in total. The summed E-state index contributed by atoms with van der Waals surface area (Å²) in [6, 6.07) is 13.3. The van der Waals surface area contributed by atoms with Crippen LogP contribution in [0.25, 0.3) is 0 Å². The molecular formula is C25H33Cl2N3O4S. The molecule has 7 nitrogen and oxygen atoms in total. The van der Waals surface area contributed by atoms with Gasteiger partial charge in [-0.3, -0.25) is 13.9 Å². The van der Waals surface area contributed by atoms with Crippen LogP contribution in [0.5, 0.6) is 0 Å². The lowest BCUT2D eigenvalue weighted by atomic mass is 10.1. The van der Waals surface area contributed by atoms with E-state index in [9.17, 15) is 18.0 Å². The van der Waals surface area contributed by atoms with Crippen LogP contribution in [0.15, 0.2) is 48.5 Å². The van der Waals surface area contributed by atoms with Gasteiger partial charge < -0.3 is 10.2 Å². The molecule has 10 heteroatoms. The number of unbranched alkanes of at least 4 members (excludes halogenated alkanes) is 1. The van der Waals surface area contributed by atoms with E-state index in [1.54, 1.807) is 0 Å². The van der Waals surface area contributed by atoms with Crippen molar-refractivity contribution in [3.8, 4) is 0 Å². The molecule has 0 fully saturated rings. The molecule has 0 bridgehead atoms. The molecule has 0 unspecified atom stereocenters. The first-order valence-corrected chi connectivity index (χ1v) is 14.2. The van der Waals surface area contributed by atoms with Crippen LogP contribution in [0.2, 0.25) is 10.0 Å². The number of rotatable bonds is 13. The number of nitrogens with one attached hydrogen (secondary N) is 1. The van der Waals surface area contributed by atoms with Crippen molar-refractivity contribution in [2.24, 2.45) is 0 Å². The van der Waals surface area contributed by atoms with Crippen molar-refractivity contribution in [3.63, 3.8) is 0 Å². The van der Waals surface area contributed by atoms with E-state index in [1.165, 1.54) is 23.1 Å². The summed E-state index contributed by atoms with van der Waals surface area (Å²) < 4.78 is 26.2. The number of carbonyl (C=O) groups excluding carboxylic acids is 2. The second kappa shape index (κ2) is 13.7. The minimum atomic E-state index is -3.83. The van der Waals surface area contributed by atoms with Crippen LogP contribution in [0.3, 0.4) is 0 Å². The van der Waals surface area contributed by atoms with Crippen LogP contribution in [-0.2, 0) is 26.0 Å². The van der Waals surface area contributed by atoms with Crippen molar-refractivity contribution < 1.29 is 18.0 Å². The van der Waals surface area contributed by atoms with Crippen molar-refractivity contribution in [1.82, 2.24) is 10.2 Å². The van der Waals surface area contributed by atoms with Crippen LogP contribution >= 0.6 is 23.2 Å². The summed E-state index contributed by atoms with van der Waals surface area (Å²) in [6.07, 6.45) is 3.70. The highest BCUT2D eigenvalue weighted by molar-refractivity contribution is 7.92. The van der Waals surface area contributed by atoms with Gasteiger partial charge in [-0.05, 0) is 43.0 Å². The Morgan fingerprint density at radius 3 is 2.29 bits per heavy atom. The Kier molecular flexibility index (Phi) is 11.3. The van der Waals surface area contributed by atoms with E-state index in [1.807, 2.05) is 44.2 Å². The van der Waals surface area contributed by atoms with Crippen molar-refractivity contribution in [2.75, 3.05) is 30.2 Å². The standard InChI is InChI=1S/C25H33Cl2N3O4S/c1-4-6-15-28-25(32)23(5-2)29(16-14-19-10-8-7-9-11-19)24(31)18-30(35(3,33)34)20-12-13-21(26)22(27)17-20/h7-13,17,23H,4-6,14-16,18H2,1-3H3,(H,28,32)/t23-/m0/s1. The van der Waals surface area contributed by atoms with Gasteiger partial charge in [-0.1, -0.05) is 73.8 Å².